The third kappa shape index (κ3) is 3.37. The highest BCUT2D eigenvalue weighted by molar-refractivity contribution is 7.86. The second-order valence-electron chi connectivity index (χ2n) is 3.10. The van der Waals surface area contributed by atoms with E-state index in [0.717, 1.165) is 24.3 Å². The fourth-order valence-electron chi connectivity index (χ4n) is 1.02. The van der Waals surface area contributed by atoms with E-state index in [-0.39, 0.29) is 5.56 Å². The Morgan fingerprint density at radius 3 is 2.25 bits per heavy atom. The molecule has 16 heavy (non-hydrogen) atoms. The van der Waals surface area contributed by atoms with Crippen LogP contribution in [0.1, 0.15) is 16.8 Å². The predicted molar refractivity (Wildman–Crippen MR) is 52.9 cm³/mol. The zero-order valence-electron chi connectivity index (χ0n) is 8.00. The molecule has 0 heterocycles. The monoisotopic (exact) mass is 248 g/mol. The Labute approximate surface area is 91.3 Å². The van der Waals surface area contributed by atoms with Gasteiger partial charge in [0, 0.05) is 5.56 Å². The molecule has 0 amide bonds. The molecule has 0 spiro atoms. The van der Waals surface area contributed by atoms with Crippen LogP contribution in [0.2, 0.25) is 0 Å². The molecule has 1 aromatic carbocycles. The van der Waals surface area contributed by atoms with Crippen LogP contribution in [0.4, 0.5) is 4.39 Å². The molecule has 0 aliphatic heterocycles. The van der Waals surface area contributed by atoms with E-state index in [1.807, 2.05) is 0 Å². The average molecular weight is 248 g/mol. The van der Waals surface area contributed by atoms with Gasteiger partial charge in [0.15, 0.2) is 11.2 Å². The number of benzene rings is 1. The van der Waals surface area contributed by atoms with Gasteiger partial charge in [-0.1, -0.05) is 0 Å². The molecule has 1 atom stereocenters. The summed E-state index contributed by atoms with van der Waals surface area (Å²) in [4.78, 5) is 11.4. The van der Waals surface area contributed by atoms with Gasteiger partial charge in [-0.25, -0.2) is 4.39 Å². The van der Waals surface area contributed by atoms with Crippen molar-refractivity contribution in [3.63, 3.8) is 0 Å². The Hall–Kier alpha value is -1.31. The molecule has 0 aliphatic carbocycles. The summed E-state index contributed by atoms with van der Waals surface area (Å²) < 4.78 is 41.8. The number of hydrogen-bond donors (Lipinski definition) is 2. The summed E-state index contributed by atoms with van der Waals surface area (Å²) in [5.41, 5.74) is -2.10. The number of Topliss-reactive ketones (excluding diaryl/α,β-unsaturated/α-hetero) is 1. The van der Waals surface area contributed by atoms with E-state index in [4.69, 9.17) is 9.66 Å². The summed E-state index contributed by atoms with van der Waals surface area (Å²) in [7, 11) is -4.65. The van der Waals surface area contributed by atoms with E-state index in [1.165, 1.54) is 0 Å². The van der Waals surface area contributed by atoms with Crippen molar-refractivity contribution in [2.45, 2.75) is 11.9 Å². The van der Waals surface area contributed by atoms with Gasteiger partial charge in [0.05, 0.1) is 6.42 Å². The second-order valence-corrected chi connectivity index (χ2v) is 4.68. The maximum absolute atomic E-state index is 12.5. The Morgan fingerprint density at radius 2 is 1.81 bits per heavy atom. The summed E-state index contributed by atoms with van der Waals surface area (Å²) in [5, 5.41) is 8.94. The fraction of sp³-hybridized carbons (Fsp3) is 0.222. The molecule has 1 unspecified atom stereocenters. The van der Waals surface area contributed by atoms with Crippen LogP contribution in [0.25, 0.3) is 0 Å². The van der Waals surface area contributed by atoms with Crippen molar-refractivity contribution in [3.8, 4) is 0 Å². The molecule has 0 saturated heterocycles. The molecule has 5 nitrogen and oxygen atoms in total. The molecule has 0 fully saturated rings. The van der Waals surface area contributed by atoms with Gasteiger partial charge in [-0.05, 0) is 24.3 Å². The SMILES string of the molecule is O=C(CC(O)S(=O)(=O)O)c1ccc(F)cc1. The second kappa shape index (κ2) is 4.69. The topological polar surface area (TPSA) is 91.7 Å². The number of aliphatic hydroxyl groups is 1. The van der Waals surface area contributed by atoms with E-state index in [0.29, 0.717) is 0 Å². The van der Waals surface area contributed by atoms with Crippen LogP contribution >= 0.6 is 0 Å². The molecular formula is C9H9FO5S. The zero-order chi connectivity index (χ0) is 12.3. The smallest absolute Gasteiger partial charge is 0.292 e. The van der Waals surface area contributed by atoms with E-state index < -0.39 is 33.6 Å². The molecule has 0 bridgehead atoms. The first-order valence-electron chi connectivity index (χ1n) is 4.24. The molecule has 2 N–H and O–H groups in total. The first-order valence-corrected chi connectivity index (χ1v) is 5.74. The number of carbonyl (C=O) groups excluding carboxylic acids is 1. The van der Waals surface area contributed by atoms with Crippen LogP contribution in [0.3, 0.4) is 0 Å². The first-order chi connectivity index (χ1) is 7.30. The van der Waals surface area contributed by atoms with Crippen molar-refractivity contribution in [3.05, 3.63) is 35.6 Å². The van der Waals surface area contributed by atoms with Crippen LogP contribution in [0.5, 0.6) is 0 Å². The van der Waals surface area contributed by atoms with E-state index in [2.05, 4.69) is 0 Å². The number of halogens is 1. The lowest BCUT2D eigenvalue weighted by Crippen LogP contribution is -2.23. The van der Waals surface area contributed by atoms with Crippen molar-refractivity contribution < 1.29 is 27.3 Å². The number of rotatable bonds is 4. The van der Waals surface area contributed by atoms with Crippen LogP contribution < -0.4 is 0 Å². The minimum atomic E-state index is -4.65. The number of aliphatic hydroxyl groups excluding tert-OH is 1. The lowest BCUT2D eigenvalue weighted by Gasteiger charge is -2.05. The van der Waals surface area contributed by atoms with E-state index in [1.54, 1.807) is 0 Å². The van der Waals surface area contributed by atoms with Gasteiger partial charge in [-0.3, -0.25) is 9.35 Å². The lowest BCUT2D eigenvalue weighted by molar-refractivity contribution is 0.0932. The number of carbonyl (C=O) groups is 1. The number of hydrogen-bond acceptors (Lipinski definition) is 4. The molecule has 88 valence electrons. The zero-order valence-corrected chi connectivity index (χ0v) is 8.82. The first kappa shape index (κ1) is 12.8. The summed E-state index contributed by atoms with van der Waals surface area (Å²) in [6, 6.07) is 4.39. The van der Waals surface area contributed by atoms with Gasteiger partial charge in [0.2, 0.25) is 0 Å². The summed E-state index contributed by atoms with van der Waals surface area (Å²) in [6.07, 6.45) is -0.773. The van der Waals surface area contributed by atoms with Gasteiger partial charge in [-0.15, -0.1) is 0 Å². The maximum atomic E-state index is 12.5. The van der Waals surface area contributed by atoms with Crippen molar-refractivity contribution in [1.82, 2.24) is 0 Å². The summed E-state index contributed by atoms with van der Waals surface area (Å²) in [5.74, 6) is -1.24. The average Bonchev–Trinajstić information content (AvgIpc) is 2.17. The van der Waals surface area contributed by atoms with Crippen molar-refractivity contribution in [1.29, 1.82) is 0 Å². The Bertz CT molecular complexity index is 479. The van der Waals surface area contributed by atoms with E-state index >= 15 is 0 Å². The molecule has 1 aromatic rings. The third-order valence-electron chi connectivity index (χ3n) is 1.87. The lowest BCUT2D eigenvalue weighted by atomic mass is 10.1. The largest absolute Gasteiger partial charge is 0.375 e. The van der Waals surface area contributed by atoms with Crippen LogP contribution in [0.15, 0.2) is 24.3 Å². The molecule has 0 saturated carbocycles. The van der Waals surface area contributed by atoms with Gasteiger partial charge in [-0.2, -0.15) is 8.42 Å². The summed E-state index contributed by atoms with van der Waals surface area (Å²) in [6.45, 7) is 0. The van der Waals surface area contributed by atoms with Crippen LogP contribution in [-0.4, -0.2) is 29.3 Å². The fourth-order valence-corrected chi connectivity index (χ4v) is 1.38. The maximum Gasteiger partial charge on any atom is 0.292 e. The Balaban J connectivity index is 2.77. The Kier molecular flexibility index (Phi) is 3.74. The van der Waals surface area contributed by atoms with Crippen molar-refractivity contribution in [2.24, 2.45) is 0 Å². The normalized spacial score (nSPS) is 13.4. The highest BCUT2D eigenvalue weighted by Crippen LogP contribution is 2.09. The molecule has 0 aliphatic rings. The standard InChI is InChI=1S/C9H9FO5S/c10-7-3-1-6(2-4-7)8(11)5-9(12)16(13,14)15/h1-4,9,12H,5H2,(H,13,14,15). The minimum Gasteiger partial charge on any atom is -0.375 e. The van der Waals surface area contributed by atoms with Crippen LogP contribution in [0, 0.1) is 5.82 Å². The van der Waals surface area contributed by atoms with Crippen molar-refractivity contribution >= 4 is 15.9 Å². The highest BCUT2D eigenvalue weighted by Gasteiger charge is 2.23. The molecule has 1 rings (SSSR count). The van der Waals surface area contributed by atoms with E-state index in [9.17, 15) is 17.6 Å². The molecule has 0 aromatic heterocycles. The van der Waals surface area contributed by atoms with Crippen molar-refractivity contribution in [2.75, 3.05) is 0 Å². The predicted octanol–water partition coefficient (Wildman–Crippen LogP) is 0.605. The summed E-state index contributed by atoms with van der Waals surface area (Å²) >= 11 is 0. The van der Waals surface area contributed by atoms with Gasteiger partial charge in [0.1, 0.15) is 5.82 Å². The molecular weight excluding hydrogens is 239 g/mol. The Morgan fingerprint density at radius 1 is 1.31 bits per heavy atom. The molecule has 0 radical (unpaired) electrons. The van der Waals surface area contributed by atoms with Crippen LogP contribution in [-0.2, 0) is 10.1 Å². The quantitative estimate of drug-likeness (QED) is 0.601. The third-order valence-corrected chi connectivity index (χ3v) is 2.72. The van der Waals surface area contributed by atoms with Gasteiger partial charge in [0.25, 0.3) is 10.1 Å². The molecule has 7 heteroatoms. The number of ketones is 1. The van der Waals surface area contributed by atoms with Gasteiger partial charge >= 0.3 is 0 Å². The van der Waals surface area contributed by atoms with Gasteiger partial charge < -0.3 is 5.11 Å². The minimum absolute atomic E-state index is 0.0594. The highest BCUT2D eigenvalue weighted by atomic mass is 32.2.